The maximum atomic E-state index is 7.96. The van der Waals surface area contributed by atoms with Gasteiger partial charge in [0.05, 0.1) is 6.07 Å². The minimum absolute atomic E-state index is 0.432. The Morgan fingerprint density at radius 2 is 2.50 bits per heavy atom. The molecule has 0 aliphatic heterocycles. The monoisotopic (exact) mass is 103 g/mol. The fraction of sp³-hybridized carbons (Fsp3) is 0.667. The van der Waals surface area contributed by atoms with Crippen molar-refractivity contribution in [2.24, 2.45) is 0 Å². The van der Waals surface area contributed by atoms with Gasteiger partial charge in [0.15, 0.2) is 0 Å². The summed E-state index contributed by atoms with van der Waals surface area (Å²) < 4.78 is 7.96. The molecule has 0 rings (SSSR count). The smallest absolute Gasteiger partial charge is 0.0631 e. The molecule has 0 spiro atoms. The van der Waals surface area contributed by atoms with Gasteiger partial charge in [-0.05, 0) is 12.0 Å². The lowest BCUT2D eigenvalue weighted by atomic mass is 10.6. The standard InChI is InChI=1S/C3H5NOS/c4-2-1-3-6-5/h5H,1,3H2. The molecule has 0 fully saturated rings. The normalized spacial score (nSPS) is 7.33. The van der Waals surface area contributed by atoms with Crippen molar-refractivity contribution >= 4 is 12.0 Å². The van der Waals surface area contributed by atoms with Gasteiger partial charge in [0.1, 0.15) is 0 Å². The van der Waals surface area contributed by atoms with Crippen molar-refractivity contribution < 1.29 is 4.55 Å². The molecule has 0 aromatic carbocycles. The minimum atomic E-state index is 0.432. The minimum Gasteiger partial charge on any atom is -0.330 e. The zero-order valence-electron chi connectivity index (χ0n) is 3.22. The molecule has 0 aliphatic rings. The predicted molar refractivity (Wildman–Crippen MR) is 25.3 cm³/mol. The number of rotatable bonds is 2. The molecule has 0 radical (unpaired) electrons. The fourth-order valence-electron chi connectivity index (χ4n) is 0.0913. The average molecular weight is 103 g/mol. The van der Waals surface area contributed by atoms with Gasteiger partial charge in [-0.15, -0.1) is 0 Å². The van der Waals surface area contributed by atoms with Crippen LogP contribution >= 0.6 is 12.0 Å². The van der Waals surface area contributed by atoms with Crippen LogP contribution in [0.5, 0.6) is 0 Å². The molecule has 0 aliphatic carbocycles. The van der Waals surface area contributed by atoms with Crippen LogP contribution in [-0.2, 0) is 0 Å². The molecule has 3 heteroatoms. The van der Waals surface area contributed by atoms with Gasteiger partial charge in [0.25, 0.3) is 0 Å². The molecular weight excluding hydrogens is 98.1 g/mol. The highest BCUT2D eigenvalue weighted by Crippen LogP contribution is 1.90. The number of hydrogen-bond donors (Lipinski definition) is 1. The lowest BCUT2D eigenvalue weighted by Crippen LogP contribution is -1.68. The molecule has 0 bridgehead atoms. The van der Waals surface area contributed by atoms with Gasteiger partial charge in [-0.3, -0.25) is 0 Å². The van der Waals surface area contributed by atoms with Crippen LogP contribution in [0.15, 0.2) is 0 Å². The Bertz CT molecular complexity index is 58.3. The van der Waals surface area contributed by atoms with E-state index in [1.54, 1.807) is 0 Å². The number of nitriles is 1. The molecule has 2 nitrogen and oxygen atoms in total. The van der Waals surface area contributed by atoms with Crippen LogP contribution in [0.25, 0.3) is 0 Å². The maximum absolute atomic E-state index is 7.96. The van der Waals surface area contributed by atoms with Crippen molar-refractivity contribution in [3.63, 3.8) is 0 Å². The average Bonchev–Trinajstić information content (AvgIpc) is 1.61. The van der Waals surface area contributed by atoms with Gasteiger partial charge in [0.2, 0.25) is 0 Å². The molecule has 0 aromatic rings. The van der Waals surface area contributed by atoms with Crippen molar-refractivity contribution in [3.05, 3.63) is 0 Å². The Morgan fingerprint density at radius 1 is 1.83 bits per heavy atom. The van der Waals surface area contributed by atoms with Gasteiger partial charge in [-0.25, -0.2) is 0 Å². The van der Waals surface area contributed by atoms with Crippen LogP contribution in [-0.4, -0.2) is 10.3 Å². The summed E-state index contributed by atoms with van der Waals surface area (Å²) in [5.41, 5.74) is 0. The second-order valence-corrected chi connectivity index (χ2v) is 1.41. The molecule has 0 atom stereocenters. The maximum Gasteiger partial charge on any atom is 0.0631 e. The van der Waals surface area contributed by atoms with E-state index in [1.165, 1.54) is 0 Å². The van der Waals surface area contributed by atoms with Crippen LogP contribution in [0.3, 0.4) is 0 Å². The molecule has 0 unspecified atom stereocenters. The van der Waals surface area contributed by atoms with E-state index < -0.39 is 0 Å². The summed E-state index contributed by atoms with van der Waals surface area (Å²) in [6.45, 7) is 0. The van der Waals surface area contributed by atoms with Crippen molar-refractivity contribution in [3.8, 4) is 6.07 Å². The molecule has 0 heterocycles. The molecule has 1 N–H and O–H groups in total. The van der Waals surface area contributed by atoms with Gasteiger partial charge < -0.3 is 4.55 Å². The van der Waals surface area contributed by atoms with Crippen molar-refractivity contribution in [2.45, 2.75) is 6.42 Å². The SMILES string of the molecule is N#CCCSO. The van der Waals surface area contributed by atoms with E-state index in [2.05, 4.69) is 0 Å². The first kappa shape index (κ1) is 5.80. The summed E-state index contributed by atoms with van der Waals surface area (Å²) >= 11 is 0.704. The van der Waals surface area contributed by atoms with E-state index in [4.69, 9.17) is 9.81 Å². The fourth-order valence-corrected chi connectivity index (χ4v) is 0.274. The lowest BCUT2D eigenvalue weighted by Gasteiger charge is -1.76. The van der Waals surface area contributed by atoms with E-state index in [-0.39, 0.29) is 0 Å². The summed E-state index contributed by atoms with van der Waals surface area (Å²) in [4.78, 5) is 0. The Hall–Kier alpha value is -0.200. The van der Waals surface area contributed by atoms with Crippen LogP contribution in [0.2, 0.25) is 0 Å². The number of hydrogen-bond acceptors (Lipinski definition) is 3. The predicted octanol–water partition coefficient (Wildman–Crippen LogP) is 1.11. The van der Waals surface area contributed by atoms with E-state index in [1.807, 2.05) is 6.07 Å². The van der Waals surface area contributed by atoms with E-state index in [0.29, 0.717) is 24.2 Å². The molecule has 0 amide bonds. The molecular formula is C3H5NOS. The molecule has 0 saturated heterocycles. The Balaban J connectivity index is 2.54. The third kappa shape index (κ3) is 3.80. The summed E-state index contributed by atoms with van der Waals surface area (Å²) in [7, 11) is 0. The summed E-state index contributed by atoms with van der Waals surface area (Å²) in [6, 6.07) is 1.89. The quantitative estimate of drug-likeness (QED) is 0.420. The van der Waals surface area contributed by atoms with Gasteiger partial charge in [-0.2, -0.15) is 5.26 Å². The first-order chi connectivity index (χ1) is 2.91. The summed E-state index contributed by atoms with van der Waals surface area (Å²) in [5.74, 6) is 0.524. The zero-order valence-corrected chi connectivity index (χ0v) is 4.03. The van der Waals surface area contributed by atoms with E-state index in [0.717, 1.165) is 0 Å². The van der Waals surface area contributed by atoms with Crippen molar-refractivity contribution in [2.75, 3.05) is 5.75 Å². The lowest BCUT2D eigenvalue weighted by molar-refractivity contribution is 0.663. The highest BCUT2D eigenvalue weighted by Gasteiger charge is 1.76. The molecule has 0 aromatic heterocycles. The first-order valence-corrected chi connectivity index (χ1v) is 2.49. The van der Waals surface area contributed by atoms with Crippen molar-refractivity contribution in [1.82, 2.24) is 0 Å². The highest BCUT2D eigenvalue weighted by molar-refractivity contribution is 7.93. The van der Waals surface area contributed by atoms with E-state index >= 15 is 0 Å². The summed E-state index contributed by atoms with van der Waals surface area (Å²) in [6.07, 6.45) is 0.432. The molecule has 0 saturated carbocycles. The summed E-state index contributed by atoms with van der Waals surface area (Å²) in [5, 5.41) is 7.82. The second-order valence-electron chi connectivity index (χ2n) is 0.741. The van der Waals surface area contributed by atoms with E-state index in [9.17, 15) is 0 Å². The van der Waals surface area contributed by atoms with Gasteiger partial charge in [-0.1, -0.05) is 0 Å². The molecule has 34 valence electrons. The Morgan fingerprint density at radius 3 is 2.67 bits per heavy atom. The topological polar surface area (TPSA) is 44.0 Å². The van der Waals surface area contributed by atoms with Crippen LogP contribution in [0.1, 0.15) is 6.42 Å². The third-order valence-electron chi connectivity index (χ3n) is 0.305. The third-order valence-corrected chi connectivity index (χ3v) is 0.692. The largest absolute Gasteiger partial charge is 0.330 e. The Kier molecular flexibility index (Phi) is 4.64. The van der Waals surface area contributed by atoms with Gasteiger partial charge in [0, 0.05) is 12.2 Å². The van der Waals surface area contributed by atoms with Crippen LogP contribution < -0.4 is 0 Å². The van der Waals surface area contributed by atoms with Gasteiger partial charge >= 0.3 is 0 Å². The highest BCUT2D eigenvalue weighted by atomic mass is 32.2. The molecule has 6 heavy (non-hydrogen) atoms. The van der Waals surface area contributed by atoms with Crippen LogP contribution in [0, 0.1) is 11.3 Å². The Labute approximate surface area is 41.0 Å². The van der Waals surface area contributed by atoms with Crippen molar-refractivity contribution in [1.29, 1.82) is 5.26 Å². The van der Waals surface area contributed by atoms with Crippen LogP contribution in [0.4, 0.5) is 0 Å². The number of nitrogens with zero attached hydrogens (tertiary/aromatic N) is 1. The first-order valence-electron chi connectivity index (χ1n) is 1.55. The second kappa shape index (κ2) is 4.80. The zero-order chi connectivity index (χ0) is 4.83.